The standard InChI is InChI=1S/C13H16FNO3/c14-3-4-16-11-6-13-12(17-8-18-13)5-9(11)7-15-10-1-2-10/h5-6,10,15H,1-4,7-8H2. The van der Waals surface area contributed by atoms with Gasteiger partial charge in [0.1, 0.15) is 19.0 Å². The van der Waals surface area contributed by atoms with Crippen LogP contribution in [-0.2, 0) is 6.54 Å². The first-order valence-corrected chi connectivity index (χ1v) is 6.21. The van der Waals surface area contributed by atoms with Gasteiger partial charge in [0, 0.05) is 24.2 Å². The van der Waals surface area contributed by atoms with E-state index < -0.39 is 6.67 Å². The van der Waals surface area contributed by atoms with Crippen molar-refractivity contribution in [2.45, 2.75) is 25.4 Å². The van der Waals surface area contributed by atoms with Crippen molar-refractivity contribution in [1.29, 1.82) is 0 Å². The number of alkyl halides is 1. The summed E-state index contributed by atoms with van der Waals surface area (Å²) >= 11 is 0. The van der Waals surface area contributed by atoms with Gasteiger partial charge in [-0.3, -0.25) is 0 Å². The molecule has 1 N–H and O–H groups in total. The predicted molar refractivity (Wildman–Crippen MR) is 63.9 cm³/mol. The summed E-state index contributed by atoms with van der Waals surface area (Å²) < 4.78 is 28.3. The highest BCUT2D eigenvalue weighted by atomic mass is 19.1. The van der Waals surface area contributed by atoms with Crippen molar-refractivity contribution in [1.82, 2.24) is 5.32 Å². The average molecular weight is 253 g/mol. The van der Waals surface area contributed by atoms with Gasteiger partial charge in [-0.15, -0.1) is 0 Å². The Morgan fingerprint density at radius 1 is 1.28 bits per heavy atom. The first kappa shape index (κ1) is 11.6. The Bertz CT molecular complexity index is 434. The Morgan fingerprint density at radius 3 is 2.78 bits per heavy atom. The quantitative estimate of drug-likeness (QED) is 0.842. The Kier molecular flexibility index (Phi) is 3.23. The molecule has 1 fully saturated rings. The molecule has 0 aromatic heterocycles. The normalized spacial score (nSPS) is 16.9. The lowest BCUT2D eigenvalue weighted by atomic mass is 10.1. The average Bonchev–Trinajstić information content (AvgIpc) is 3.10. The maximum atomic E-state index is 12.2. The van der Waals surface area contributed by atoms with Crippen molar-refractivity contribution in [3.63, 3.8) is 0 Å². The molecule has 18 heavy (non-hydrogen) atoms. The van der Waals surface area contributed by atoms with Crippen LogP contribution >= 0.6 is 0 Å². The summed E-state index contributed by atoms with van der Waals surface area (Å²) in [5.74, 6) is 2.07. The van der Waals surface area contributed by atoms with Crippen molar-refractivity contribution in [3.8, 4) is 17.2 Å². The maximum Gasteiger partial charge on any atom is 0.231 e. The summed E-state index contributed by atoms with van der Waals surface area (Å²) in [5.41, 5.74) is 0.986. The van der Waals surface area contributed by atoms with Crippen molar-refractivity contribution in [2.24, 2.45) is 0 Å². The monoisotopic (exact) mass is 253 g/mol. The minimum atomic E-state index is -0.496. The van der Waals surface area contributed by atoms with Gasteiger partial charge in [0.15, 0.2) is 11.5 Å². The number of ether oxygens (including phenoxy) is 3. The fraction of sp³-hybridized carbons (Fsp3) is 0.538. The van der Waals surface area contributed by atoms with Crippen molar-refractivity contribution in [3.05, 3.63) is 17.7 Å². The molecule has 5 heteroatoms. The molecule has 0 amide bonds. The number of hydrogen-bond acceptors (Lipinski definition) is 4. The summed E-state index contributed by atoms with van der Waals surface area (Å²) in [6.45, 7) is 0.514. The number of fused-ring (bicyclic) bond motifs is 1. The van der Waals surface area contributed by atoms with Gasteiger partial charge in [-0.25, -0.2) is 4.39 Å². The van der Waals surface area contributed by atoms with Crippen LogP contribution in [-0.4, -0.2) is 26.1 Å². The molecule has 1 aromatic carbocycles. The van der Waals surface area contributed by atoms with Crippen LogP contribution < -0.4 is 19.5 Å². The molecule has 0 unspecified atom stereocenters. The second-order valence-electron chi connectivity index (χ2n) is 4.51. The Morgan fingerprint density at radius 2 is 2.06 bits per heavy atom. The Labute approximate surface area is 105 Å². The lowest BCUT2D eigenvalue weighted by molar-refractivity contribution is 0.173. The second-order valence-corrected chi connectivity index (χ2v) is 4.51. The third-order valence-corrected chi connectivity index (χ3v) is 3.05. The highest BCUT2D eigenvalue weighted by molar-refractivity contribution is 5.51. The summed E-state index contributed by atoms with van der Waals surface area (Å²) in [5, 5.41) is 3.41. The number of benzene rings is 1. The molecule has 0 radical (unpaired) electrons. The molecule has 0 saturated heterocycles. The van der Waals surface area contributed by atoms with E-state index >= 15 is 0 Å². The zero-order chi connectivity index (χ0) is 12.4. The van der Waals surface area contributed by atoms with E-state index in [1.165, 1.54) is 12.8 Å². The second kappa shape index (κ2) is 5.02. The van der Waals surface area contributed by atoms with E-state index in [1.807, 2.05) is 6.07 Å². The third kappa shape index (κ3) is 2.51. The first-order chi connectivity index (χ1) is 8.86. The highest BCUT2D eigenvalue weighted by Crippen LogP contribution is 2.38. The van der Waals surface area contributed by atoms with Crippen LogP contribution in [0.3, 0.4) is 0 Å². The molecule has 3 rings (SSSR count). The summed E-state index contributed by atoms with van der Waals surface area (Å²) in [4.78, 5) is 0. The van der Waals surface area contributed by atoms with Crippen molar-refractivity contribution < 1.29 is 18.6 Å². The summed E-state index contributed by atoms with van der Waals surface area (Å²) in [6, 6.07) is 4.30. The fourth-order valence-electron chi connectivity index (χ4n) is 1.93. The summed E-state index contributed by atoms with van der Waals surface area (Å²) in [6.07, 6.45) is 2.45. The number of hydrogen-bond donors (Lipinski definition) is 1. The van der Waals surface area contributed by atoms with E-state index in [1.54, 1.807) is 6.07 Å². The molecule has 2 aliphatic rings. The first-order valence-electron chi connectivity index (χ1n) is 6.21. The summed E-state index contributed by atoms with van der Waals surface area (Å²) in [7, 11) is 0. The predicted octanol–water partition coefficient (Wildman–Crippen LogP) is 2.02. The number of rotatable bonds is 6. The minimum Gasteiger partial charge on any atom is -0.490 e. The van der Waals surface area contributed by atoms with Crippen molar-refractivity contribution in [2.75, 3.05) is 20.1 Å². The number of halogens is 1. The topological polar surface area (TPSA) is 39.7 Å². The fourth-order valence-corrected chi connectivity index (χ4v) is 1.93. The van der Waals surface area contributed by atoms with Gasteiger partial charge in [-0.1, -0.05) is 0 Å². The maximum absolute atomic E-state index is 12.2. The van der Waals surface area contributed by atoms with Gasteiger partial charge in [-0.2, -0.15) is 0 Å². The van der Waals surface area contributed by atoms with Crippen LogP contribution in [0.1, 0.15) is 18.4 Å². The van der Waals surface area contributed by atoms with Crippen LogP contribution in [0.2, 0.25) is 0 Å². The SMILES string of the molecule is FCCOc1cc2c(cc1CNC1CC1)OCO2. The molecule has 1 saturated carbocycles. The highest BCUT2D eigenvalue weighted by Gasteiger charge is 2.22. The van der Waals surface area contributed by atoms with Gasteiger partial charge in [0.25, 0.3) is 0 Å². The van der Waals surface area contributed by atoms with Crippen LogP contribution in [0.15, 0.2) is 12.1 Å². The molecule has 1 aliphatic carbocycles. The molecule has 0 atom stereocenters. The van der Waals surface area contributed by atoms with Gasteiger partial charge in [0.2, 0.25) is 6.79 Å². The third-order valence-electron chi connectivity index (χ3n) is 3.05. The van der Waals surface area contributed by atoms with Gasteiger partial charge >= 0.3 is 0 Å². The Hall–Kier alpha value is -1.49. The Balaban J connectivity index is 1.78. The van der Waals surface area contributed by atoms with E-state index in [-0.39, 0.29) is 13.4 Å². The van der Waals surface area contributed by atoms with Gasteiger partial charge in [0.05, 0.1) is 0 Å². The molecule has 1 aromatic rings. The zero-order valence-corrected chi connectivity index (χ0v) is 10.1. The van der Waals surface area contributed by atoms with Crippen LogP contribution in [0.5, 0.6) is 17.2 Å². The molecule has 0 spiro atoms. The lowest BCUT2D eigenvalue weighted by Gasteiger charge is -2.12. The molecule has 0 bridgehead atoms. The molecule has 4 nitrogen and oxygen atoms in total. The molecule has 1 aliphatic heterocycles. The van der Waals surface area contributed by atoms with Crippen LogP contribution in [0, 0.1) is 0 Å². The van der Waals surface area contributed by atoms with Crippen LogP contribution in [0.25, 0.3) is 0 Å². The number of nitrogens with one attached hydrogen (secondary N) is 1. The zero-order valence-electron chi connectivity index (χ0n) is 10.1. The van der Waals surface area contributed by atoms with Crippen molar-refractivity contribution >= 4 is 0 Å². The van der Waals surface area contributed by atoms with Crippen LogP contribution in [0.4, 0.5) is 4.39 Å². The molecule has 98 valence electrons. The van der Waals surface area contributed by atoms with Gasteiger partial charge < -0.3 is 19.5 Å². The molecule has 1 heterocycles. The molecular weight excluding hydrogens is 237 g/mol. The van der Waals surface area contributed by atoms with E-state index in [9.17, 15) is 4.39 Å². The van der Waals surface area contributed by atoms with E-state index in [0.29, 0.717) is 24.1 Å². The smallest absolute Gasteiger partial charge is 0.231 e. The largest absolute Gasteiger partial charge is 0.490 e. The minimum absolute atomic E-state index is 0.0655. The van der Waals surface area contributed by atoms with Gasteiger partial charge in [-0.05, 0) is 18.9 Å². The van der Waals surface area contributed by atoms with E-state index in [4.69, 9.17) is 14.2 Å². The van der Waals surface area contributed by atoms with E-state index in [0.717, 1.165) is 11.3 Å². The van der Waals surface area contributed by atoms with E-state index in [2.05, 4.69) is 5.32 Å². The molecular formula is C13H16FNO3. The lowest BCUT2D eigenvalue weighted by Crippen LogP contribution is -2.16.